The molecule has 1 fully saturated rings. The van der Waals surface area contributed by atoms with Crippen molar-refractivity contribution in [2.24, 2.45) is 10.9 Å². The molecule has 0 spiro atoms. The lowest BCUT2D eigenvalue weighted by molar-refractivity contribution is 0.248. The zero-order valence-electron chi connectivity index (χ0n) is 15.6. The summed E-state index contributed by atoms with van der Waals surface area (Å²) in [5.41, 5.74) is 0.454. The summed E-state index contributed by atoms with van der Waals surface area (Å²) in [5.74, 6) is 0.0652. The van der Waals surface area contributed by atoms with Gasteiger partial charge in [-0.1, -0.05) is 0 Å². The zero-order chi connectivity index (χ0) is 19.8. The van der Waals surface area contributed by atoms with Gasteiger partial charge in [0.15, 0.2) is 0 Å². The van der Waals surface area contributed by atoms with Crippen molar-refractivity contribution in [3.8, 4) is 0 Å². The third kappa shape index (κ3) is 5.80. The number of amidine groups is 1. The van der Waals surface area contributed by atoms with E-state index in [-0.39, 0.29) is 24.0 Å². The summed E-state index contributed by atoms with van der Waals surface area (Å²) in [6, 6.07) is 4.48. The second-order valence-electron chi connectivity index (χ2n) is 6.02. The van der Waals surface area contributed by atoms with Gasteiger partial charge in [-0.25, -0.2) is 13.6 Å². The van der Waals surface area contributed by atoms with Crippen LogP contribution in [-0.2, 0) is 4.74 Å². The van der Waals surface area contributed by atoms with Crippen LogP contribution < -0.4 is 16.0 Å². The van der Waals surface area contributed by atoms with Crippen LogP contribution in [0.15, 0.2) is 53.0 Å². The van der Waals surface area contributed by atoms with Crippen LogP contribution in [0.25, 0.3) is 0 Å². The van der Waals surface area contributed by atoms with Gasteiger partial charge in [-0.05, 0) is 37.3 Å². The van der Waals surface area contributed by atoms with Gasteiger partial charge in [-0.15, -0.1) is 0 Å². The minimum atomic E-state index is -0.475. The van der Waals surface area contributed by atoms with E-state index >= 15 is 0 Å². The minimum Gasteiger partial charge on any atom is -0.497 e. The number of benzene rings is 1. The average molecular weight is 378 g/mol. The number of allylic oxidation sites excluding steroid dienone is 3. The molecule has 2 amide bonds. The van der Waals surface area contributed by atoms with Crippen LogP contribution in [0.2, 0.25) is 0 Å². The van der Waals surface area contributed by atoms with Gasteiger partial charge in [-0.3, -0.25) is 4.99 Å². The molecule has 6 nitrogen and oxygen atoms in total. The first kappa shape index (κ1) is 20.4. The van der Waals surface area contributed by atoms with Crippen molar-refractivity contribution in [3.05, 3.63) is 53.8 Å². The maximum absolute atomic E-state index is 14.3. The lowest BCUT2D eigenvalue weighted by Crippen LogP contribution is -2.45. The van der Waals surface area contributed by atoms with Crippen LogP contribution in [0.4, 0.5) is 19.3 Å². The molecule has 27 heavy (non-hydrogen) atoms. The van der Waals surface area contributed by atoms with Crippen LogP contribution >= 0.6 is 0 Å². The van der Waals surface area contributed by atoms with Crippen LogP contribution in [-0.4, -0.2) is 38.6 Å². The summed E-state index contributed by atoms with van der Waals surface area (Å²) in [6.45, 7) is 2.24. The number of methoxy groups -OCH3 is 1. The van der Waals surface area contributed by atoms with Crippen molar-refractivity contribution in [3.63, 3.8) is 0 Å². The second-order valence-corrected chi connectivity index (χ2v) is 6.02. The van der Waals surface area contributed by atoms with E-state index in [0.717, 1.165) is 0 Å². The quantitative estimate of drug-likeness (QED) is 0.525. The molecule has 1 heterocycles. The summed E-state index contributed by atoms with van der Waals surface area (Å²) < 4.78 is 32.3. The van der Waals surface area contributed by atoms with E-state index in [1.54, 1.807) is 20.0 Å². The number of rotatable bonds is 6. The average Bonchev–Trinajstić information content (AvgIpc) is 3.02. The smallest absolute Gasteiger partial charge is 0.319 e. The number of nitrogens with one attached hydrogen (secondary N) is 3. The maximum Gasteiger partial charge on any atom is 0.319 e. The molecule has 0 radical (unpaired) electrons. The summed E-state index contributed by atoms with van der Waals surface area (Å²) in [4.78, 5) is 16.4. The van der Waals surface area contributed by atoms with E-state index in [1.807, 2.05) is 0 Å². The Bertz CT molecular complexity index is 745. The summed E-state index contributed by atoms with van der Waals surface area (Å²) in [6.07, 6.45) is 3.11. The molecule has 1 aliphatic heterocycles. The van der Waals surface area contributed by atoms with E-state index in [9.17, 15) is 13.6 Å². The molecule has 1 aliphatic rings. The van der Waals surface area contributed by atoms with Crippen LogP contribution in [0.1, 0.15) is 13.3 Å². The number of anilines is 1. The topological polar surface area (TPSA) is 74.8 Å². The third-order valence-electron chi connectivity index (χ3n) is 4.22. The highest BCUT2D eigenvalue weighted by atomic mass is 19.1. The fourth-order valence-corrected chi connectivity index (χ4v) is 2.85. The number of nitrogens with zero attached hydrogens (tertiary/aromatic N) is 1. The number of carbonyl (C=O) groups excluding carboxylic acids is 1. The molecule has 0 aliphatic carbocycles. The Morgan fingerprint density at radius 3 is 2.70 bits per heavy atom. The first-order valence-corrected chi connectivity index (χ1v) is 8.56. The fourth-order valence-electron chi connectivity index (χ4n) is 2.85. The summed E-state index contributed by atoms with van der Waals surface area (Å²) in [7, 11) is 3.08. The van der Waals surface area contributed by atoms with Gasteiger partial charge < -0.3 is 20.7 Å². The molecule has 1 saturated heterocycles. The molecule has 2 rings (SSSR count). The maximum atomic E-state index is 14.3. The molecule has 0 unspecified atom stereocenters. The number of aliphatic imine (C=N–C) groups is 1. The molecule has 3 N–H and O–H groups in total. The molecule has 0 saturated carbocycles. The second kappa shape index (κ2) is 9.70. The first-order chi connectivity index (χ1) is 13.0. The Balaban J connectivity index is 2.04. The van der Waals surface area contributed by atoms with Gasteiger partial charge in [0.05, 0.1) is 13.2 Å². The van der Waals surface area contributed by atoms with Gasteiger partial charge in [0.25, 0.3) is 0 Å². The van der Waals surface area contributed by atoms with Crippen molar-refractivity contribution in [1.29, 1.82) is 0 Å². The molecule has 1 aromatic carbocycles. The molecule has 0 aromatic heterocycles. The van der Waals surface area contributed by atoms with Gasteiger partial charge in [0.1, 0.15) is 23.2 Å². The van der Waals surface area contributed by atoms with E-state index in [4.69, 9.17) is 4.74 Å². The van der Waals surface area contributed by atoms with Crippen molar-refractivity contribution in [2.45, 2.75) is 19.4 Å². The van der Waals surface area contributed by atoms with Crippen molar-refractivity contribution in [1.82, 2.24) is 10.6 Å². The zero-order valence-corrected chi connectivity index (χ0v) is 15.6. The van der Waals surface area contributed by atoms with Crippen LogP contribution in [0, 0.1) is 11.7 Å². The molecule has 1 aromatic rings. The predicted octanol–water partition coefficient (Wildman–Crippen LogP) is 3.36. The number of hydrogen-bond donors (Lipinski definition) is 3. The Kier molecular flexibility index (Phi) is 7.34. The number of amides is 2. The van der Waals surface area contributed by atoms with E-state index in [2.05, 4.69) is 20.9 Å². The van der Waals surface area contributed by atoms with Crippen molar-refractivity contribution >= 4 is 17.6 Å². The SMILES string of the molecule is C/C=C(\C=C(\F)C[C@@H]1CNC(=NC)[C@H]1NC(=O)Nc1ccc(F)cc1)OC. The Hall–Kier alpha value is -2.90. The lowest BCUT2D eigenvalue weighted by atomic mass is 9.98. The summed E-state index contributed by atoms with van der Waals surface area (Å²) >= 11 is 0. The highest BCUT2D eigenvalue weighted by molar-refractivity contribution is 5.96. The molecular weight excluding hydrogens is 354 g/mol. The standard InChI is InChI=1S/C19H24F2N4O2/c1-4-16(27-3)10-14(21)9-12-11-23-18(22-2)17(12)25-19(26)24-15-7-5-13(20)6-8-15/h4-8,10,12,17H,9,11H2,1-3H3,(H,22,23)(H2,24,25,26)/b14-10+,16-4+/t12-,17+/m1/s1. The highest BCUT2D eigenvalue weighted by Crippen LogP contribution is 2.22. The number of carbonyl (C=O) groups is 1. The number of hydrogen-bond acceptors (Lipinski definition) is 3. The Morgan fingerprint density at radius 1 is 1.41 bits per heavy atom. The monoisotopic (exact) mass is 378 g/mol. The van der Waals surface area contributed by atoms with Crippen molar-refractivity contribution < 1.29 is 18.3 Å². The molecule has 2 atom stereocenters. The summed E-state index contributed by atoms with van der Waals surface area (Å²) in [5, 5.41) is 8.52. The Morgan fingerprint density at radius 2 is 2.11 bits per heavy atom. The van der Waals surface area contributed by atoms with E-state index < -0.39 is 12.1 Å². The number of urea groups is 1. The predicted molar refractivity (Wildman–Crippen MR) is 102 cm³/mol. The van der Waals surface area contributed by atoms with Crippen LogP contribution in [0.5, 0.6) is 0 Å². The minimum absolute atomic E-state index is 0.119. The normalized spacial score (nSPS) is 21.7. The third-order valence-corrected chi connectivity index (χ3v) is 4.22. The van der Waals surface area contributed by atoms with E-state index in [1.165, 1.54) is 37.5 Å². The molecule has 0 bridgehead atoms. The van der Waals surface area contributed by atoms with Crippen molar-refractivity contribution in [2.75, 3.05) is 26.0 Å². The van der Waals surface area contributed by atoms with Gasteiger partial charge in [0, 0.05) is 37.7 Å². The van der Waals surface area contributed by atoms with Crippen LogP contribution in [0.3, 0.4) is 0 Å². The number of ether oxygens (including phenoxy) is 1. The molecule has 146 valence electrons. The Labute approximate surface area is 157 Å². The van der Waals surface area contributed by atoms with Gasteiger partial charge >= 0.3 is 6.03 Å². The lowest BCUT2D eigenvalue weighted by Gasteiger charge is -2.20. The number of halogens is 2. The fraction of sp³-hybridized carbons (Fsp3) is 0.368. The highest BCUT2D eigenvalue weighted by Gasteiger charge is 2.34. The first-order valence-electron chi connectivity index (χ1n) is 8.56. The van der Waals surface area contributed by atoms with Gasteiger partial charge in [-0.2, -0.15) is 0 Å². The van der Waals surface area contributed by atoms with Gasteiger partial charge in [0.2, 0.25) is 0 Å². The van der Waals surface area contributed by atoms with E-state index in [0.29, 0.717) is 23.8 Å². The molecule has 8 heteroatoms. The molecular formula is C19H24F2N4O2. The largest absolute Gasteiger partial charge is 0.497 e.